The second kappa shape index (κ2) is 5.12. The van der Waals surface area contributed by atoms with E-state index in [9.17, 15) is 4.79 Å². The van der Waals surface area contributed by atoms with Gasteiger partial charge in [0, 0.05) is 17.8 Å². The summed E-state index contributed by atoms with van der Waals surface area (Å²) in [6.07, 6.45) is 2.92. The van der Waals surface area contributed by atoms with Gasteiger partial charge in [0.15, 0.2) is 0 Å². The number of aromatic nitrogens is 2. The molecule has 1 fully saturated rings. The van der Waals surface area contributed by atoms with Gasteiger partial charge in [-0.3, -0.25) is 9.78 Å². The molecule has 3 N–H and O–H groups in total. The van der Waals surface area contributed by atoms with Gasteiger partial charge in [0.25, 0.3) is 5.56 Å². The van der Waals surface area contributed by atoms with E-state index in [1.807, 2.05) is 6.92 Å². The van der Waals surface area contributed by atoms with E-state index < -0.39 is 0 Å². The van der Waals surface area contributed by atoms with Crippen LogP contribution in [0.2, 0.25) is 0 Å². The fourth-order valence-electron chi connectivity index (χ4n) is 1.92. The summed E-state index contributed by atoms with van der Waals surface area (Å²) in [6.45, 7) is 4.04. The molecular weight excluding hydrogens is 204 g/mol. The molecule has 0 unspecified atom stereocenters. The fourth-order valence-corrected chi connectivity index (χ4v) is 1.92. The van der Waals surface area contributed by atoms with Crippen molar-refractivity contribution >= 4 is 5.95 Å². The first-order valence-corrected chi connectivity index (χ1v) is 5.85. The van der Waals surface area contributed by atoms with Crippen LogP contribution in [-0.4, -0.2) is 29.1 Å². The Labute approximate surface area is 94.7 Å². The van der Waals surface area contributed by atoms with Crippen LogP contribution in [0, 0.1) is 0 Å². The van der Waals surface area contributed by atoms with Gasteiger partial charge in [-0.05, 0) is 32.4 Å². The standard InChI is InChI=1S/C11H18N4O/c1-2-8-7-10(16)15-11(13-8)14-9-3-5-12-6-4-9/h7,9,12H,2-6H2,1H3,(H2,13,14,15,16). The van der Waals surface area contributed by atoms with Gasteiger partial charge in [0.2, 0.25) is 5.95 Å². The third-order valence-electron chi connectivity index (χ3n) is 2.84. The number of rotatable bonds is 3. The molecule has 16 heavy (non-hydrogen) atoms. The Morgan fingerprint density at radius 1 is 1.50 bits per heavy atom. The van der Waals surface area contributed by atoms with Gasteiger partial charge < -0.3 is 10.6 Å². The molecular formula is C11H18N4O. The molecule has 1 aliphatic heterocycles. The first kappa shape index (κ1) is 11.1. The van der Waals surface area contributed by atoms with E-state index in [0.717, 1.165) is 38.0 Å². The lowest BCUT2D eigenvalue weighted by atomic mass is 10.1. The molecule has 1 aromatic heterocycles. The Morgan fingerprint density at radius 3 is 2.94 bits per heavy atom. The smallest absolute Gasteiger partial charge is 0.252 e. The van der Waals surface area contributed by atoms with Gasteiger partial charge in [-0.2, -0.15) is 0 Å². The molecule has 1 aliphatic rings. The Kier molecular flexibility index (Phi) is 3.56. The van der Waals surface area contributed by atoms with E-state index in [0.29, 0.717) is 12.0 Å². The molecule has 1 saturated heterocycles. The highest BCUT2D eigenvalue weighted by Gasteiger charge is 2.13. The molecule has 0 spiro atoms. The van der Waals surface area contributed by atoms with Crippen molar-refractivity contribution in [2.45, 2.75) is 32.2 Å². The van der Waals surface area contributed by atoms with E-state index in [2.05, 4.69) is 20.6 Å². The van der Waals surface area contributed by atoms with Crippen molar-refractivity contribution in [1.82, 2.24) is 15.3 Å². The summed E-state index contributed by atoms with van der Waals surface area (Å²) in [7, 11) is 0. The topological polar surface area (TPSA) is 69.8 Å². The molecule has 0 saturated carbocycles. The minimum atomic E-state index is -0.0803. The number of hydrogen-bond donors (Lipinski definition) is 3. The van der Waals surface area contributed by atoms with E-state index in [-0.39, 0.29) is 5.56 Å². The zero-order valence-electron chi connectivity index (χ0n) is 9.55. The van der Waals surface area contributed by atoms with E-state index in [4.69, 9.17) is 0 Å². The largest absolute Gasteiger partial charge is 0.353 e. The number of aryl methyl sites for hydroxylation is 1. The summed E-state index contributed by atoms with van der Waals surface area (Å²) in [5.41, 5.74) is 0.753. The summed E-state index contributed by atoms with van der Waals surface area (Å²) in [6, 6.07) is 1.96. The van der Waals surface area contributed by atoms with Gasteiger partial charge >= 0.3 is 0 Å². The summed E-state index contributed by atoms with van der Waals surface area (Å²) in [5, 5.41) is 6.59. The van der Waals surface area contributed by atoms with Gasteiger partial charge in [-0.1, -0.05) is 6.92 Å². The first-order chi connectivity index (χ1) is 7.78. The summed E-state index contributed by atoms with van der Waals surface area (Å²) >= 11 is 0. The monoisotopic (exact) mass is 222 g/mol. The Morgan fingerprint density at radius 2 is 2.25 bits per heavy atom. The maximum absolute atomic E-state index is 11.4. The Hall–Kier alpha value is -1.36. The van der Waals surface area contributed by atoms with Gasteiger partial charge in [0.1, 0.15) is 0 Å². The summed E-state index contributed by atoms with van der Waals surface area (Å²) < 4.78 is 0. The highest BCUT2D eigenvalue weighted by atomic mass is 16.1. The molecule has 5 heteroatoms. The maximum Gasteiger partial charge on any atom is 0.252 e. The summed E-state index contributed by atoms with van der Waals surface area (Å²) in [5.74, 6) is 0.608. The van der Waals surface area contributed by atoms with Crippen LogP contribution in [0.5, 0.6) is 0 Å². The van der Waals surface area contributed by atoms with Crippen molar-refractivity contribution in [2.75, 3.05) is 18.4 Å². The van der Waals surface area contributed by atoms with E-state index in [1.165, 1.54) is 0 Å². The van der Waals surface area contributed by atoms with Crippen LogP contribution < -0.4 is 16.2 Å². The zero-order valence-corrected chi connectivity index (χ0v) is 9.55. The molecule has 0 amide bonds. The average molecular weight is 222 g/mol. The molecule has 0 atom stereocenters. The van der Waals surface area contributed by atoms with Crippen LogP contribution in [0.15, 0.2) is 10.9 Å². The lowest BCUT2D eigenvalue weighted by Crippen LogP contribution is -2.36. The van der Waals surface area contributed by atoms with Crippen LogP contribution in [0.3, 0.4) is 0 Å². The number of hydrogen-bond acceptors (Lipinski definition) is 4. The highest BCUT2D eigenvalue weighted by Crippen LogP contribution is 2.08. The second-order valence-electron chi connectivity index (χ2n) is 4.11. The molecule has 1 aromatic rings. The SMILES string of the molecule is CCc1cc(=O)[nH]c(NC2CCNCC2)n1. The van der Waals surface area contributed by atoms with Gasteiger partial charge in [0.05, 0.1) is 0 Å². The lowest BCUT2D eigenvalue weighted by Gasteiger charge is -2.23. The van der Waals surface area contributed by atoms with Crippen molar-refractivity contribution in [3.63, 3.8) is 0 Å². The summed E-state index contributed by atoms with van der Waals surface area (Å²) in [4.78, 5) is 18.5. The highest BCUT2D eigenvalue weighted by molar-refractivity contribution is 5.27. The molecule has 2 heterocycles. The average Bonchev–Trinajstić information content (AvgIpc) is 2.29. The van der Waals surface area contributed by atoms with Crippen molar-refractivity contribution in [3.8, 4) is 0 Å². The van der Waals surface area contributed by atoms with Crippen LogP contribution in [0.25, 0.3) is 0 Å². The number of anilines is 1. The third-order valence-corrected chi connectivity index (χ3v) is 2.84. The quantitative estimate of drug-likeness (QED) is 0.696. The van der Waals surface area contributed by atoms with Crippen LogP contribution in [0.1, 0.15) is 25.5 Å². The van der Waals surface area contributed by atoms with Crippen molar-refractivity contribution < 1.29 is 0 Å². The Balaban J connectivity index is 2.07. The number of nitrogens with zero attached hydrogens (tertiary/aromatic N) is 1. The molecule has 0 aromatic carbocycles. The van der Waals surface area contributed by atoms with Crippen LogP contribution >= 0.6 is 0 Å². The number of H-pyrrole nitrogens is 1. The zero-order chi connectivity index (χ0) is 11.4. The number of aromatic amines is 1. The molecule has 5 nitrogen and oxygen atoms in total. The lowest BCUT2D eigenvalue weighted by molar-refractivity contribution is 0.477. The number of nitrogens with one attached hydrogen (secondary N) is 3. The van der Waals surface area contributed by atoms with Crippen molar-refractivity contribution in [3.05, 3.63) is 22.1 Å². The van der Waals surface area contributed by atoms with Crippen molar-refractivity contribution in [2.24, 2.45) is 0 Å². The predicted molar refractivity (Wildman–Crippen MR) is 63.8 cm³/mol. The first-order valence-electron chi connectivity index (χ1n) is 5.85. The van der Waals surface area contributed by atoms with E-state index >= 15 is 0 Å². The molecule has 88 valence electrons. The normalized spacial score (nSPS) is 17.3. The minimum absolute atomic E-state index is 0.0803. The molecule has 2 rings (SSSR count). The van der Waals surface area contributed by atoms with Crippen LogP contribution in [-0.2, 0) is 6.42 Å². The van der Waals surface area contributed by atoms with Crippen LogP contribution in [0.4, 0.5) is 5.95 Å². The molecule has 0 aliphatic carbocycles. The van der Waals surface area contributed by atoms with E-state index in [1.54, 1.807) is 6.07 Å². The maximum atomic E-state index is 11.4. The van der Waals surface area contributed by atoms with Crippen molar-refractivity contribution in [1.29, 1.82) is 0 Å². The predicted octanol–water partition coefficient (Wildman–Crippen LogP) is 0.496. The van der Waals surface area contributed by atoms with Gasteiger partial charge in [-0.15, -0.1) is 0 Å². The third kappa shape index (κ3) is 2.82. The minimum Gasteiger partial charge on any atom is -0.353 e. The molecule has 0 radical (unpaired) electrons. The van der Waals surface area contributed by atoms with Gasteiger partial charge in [-0.25, -0.2) is 4.98 Å². The molecule has 0 bridgehead atoms. The Bertz CT molecular complexity index is 395. The fraction of sp³-hybridized carbons (Fsp3) is 0.636. The second-order valence-corrected chi connectivity index (χ2v) is 4.11. The number of piperidine rings is 1.